The number of sulfonamides is 1. The maximum Gasteiger partial charge on any atom is 0.240 e. The number of nitrogens with one attached hydrogen (secondary N) is 2. The highest BCUT2D eigenvalue weighted by molar-refractivity contribution is 7.89. The molecule has 0 aliphatic rings. The van der Waals surface area contributed by atoms with Crippen molar-refractivity contribution in [1.29, 1.82) is 0 Å². The molecule has 3 aromatic rings. The molecule has 0 aliphatic heterocycles. The van der Waals surface area contributed by atoms with Gasteiger partial charge in [-0.15, -0.1) is 0 Å². The fraction of sp³-hybridized carbons (Fsp3) is 0.190. The summed E-state index contributed by atoms with van der Waals surface area (Å²) in [6, 6.07) is 13.6. The average molecular weight is 426 g/mol. The first-order valence-corrected chi connectivity index (χ1v) is 10.8. The van der Waals surface area contributed by atoms with Gasteiger partial charge in [0.2, 0.25) is 15.9 Å². The molecule has 156 valence electrons. The molecule has 0 atom stereocenters. The number of amides is 1. The molecular formula is C21H22N4O4S. The van der Waals surface area contributed by atoms with E-state index in [1.807, 2.05) is 12.1 Å². The van der Waals surface area contributed by atoms with E-state index in [0.29, 0.717) is 24.6 Å². The minimum absolute atomic E-state index is 0.183. The van der Waals surface area contributed by atoms with Crippen LogP contribution in [-0.4, -0.2) is 31.3 Å². The highest BCUT2D eigenvalue weighted by Gasteiger charge is 2.12. The first kappa shape index (κ1) is 21.4. The van der Waals surface area contributed by atoms with Gasteiger partial charge in [0.25, 0.3) is 0 Å². The van der Waals surface area contributed by atoms with Crippen LogP contribution < -0.4 is 14.8 Å². The molecule has 0 aliphatic carbocycles. The van der Waals surface area contributed by atoms with Crippen LogP contribution in [0.2, 0.25) is 0 Å². The smallest absolute Gasteiger partial charge is 0.240 e. The Balaban J connectivity index is 1.56. The molecule has 2 aromatic heterocycles. The third kappa shape index (κ3) is 5.85. The Morgan fingerprint density at radius 1 is 1.00 bits per heavy atom. The lowest BCUT2D eigenvalue weighted by Crippen LogP contribution is -2.18. The summed E-state index contributed by atoms with van der Waals surface area (Å²) in [7, 11) is -2.11. The number of rotatable bonds is 9. The van der Waals surface area contributed by atoms with Crippen molar-refractivity contribution in [2.75, 3.05) is 12.4 Å². The van der Waals surface area contributed by atoms with Gasteiger partial charge >= 0.3 is 0 Å². The van der Waals surface area contributed by atoms with Gasteiger partial charge in [0.1, 0.15) is 6.61 Å². The highest BCUT2D eigenvalue weighted by atomic mass is 32.2. The zero-order valence-corrected chi connectivity index (χ0v) is 17.2. The number of ether oxygens (including phenoxy) is 1. The second-order valence-electron chi connectivity index (χ2n) is 6.39. The Hall–Kier alpha value is -3.30. The van der Waals surface area contributed by atoms with Crippen LogP contribution in [0.25, 0.3) is 0 Å². The van der Waals surface area contributed by atoms with Crippen LogP contribution in [0, 0.1) is 0 Å². The summed E-state index contributed by atoms with van der Waals surface area (Å²) in [5, 5.41) is 2.77. The number of carbonyl (C=O) groups excluding carboxylic acids is 1. The molecule has 0 fully saturated rings. The third-order valence-electron chi connectivity index (χ3n) is 4.32. The predicted octanol–water partition coefficient (Wildman–Crippen LogP) is 2.54. The van der Waals surface area contributed by atoms with Crippen LogP contribution in [0.15, 0.2) is 72.0 Å². The van der Waals surface area contributed by atoms with Crippen LogP contribution in [0.5, 0.6) is 5.75 Å². The van der Waals surface area contributed by atoms with Crippen LogP contribution >= 0.6 is 0 Å². The Labute approximate surface area is 175 Å². The molecule has 0 bridgehead atoms. The van der Waals surface area contributed by atoms with Gasteiger partial charge in [-0.2, -0.15) is 0 Å². The lowest BCUT2D eigenvalue weighted by molar-refractivity contribution is -0.116. The molecule has 0 saturated heterocycles. The maximum atomic E-state index is 12.4. The lowest BCUT2D eigenvalue weighted by Gasteiger charge is -2.11. The molecule has 0 spiro atoms. The normalized spacial score (nSPS) is 11.1. The molecule has 3 rings (SSSR count). The minimum atomic E-state index is -3.47. The summed E-state index contributed by atoms with van der Waals surface area (Å²) >= 11 is 0. The molecule has 0 radical (unpaired) electrons. The monoisotopic (exact) mass is 426 g/mol. The first-order valence-electron chi connectivity index (χ1n) is 9.27. The zero-order chi connectivity index (χ0) is 21.4. The number of aromatic nitrogens is 2. The van der Waals surface area contributed by atoms with Crippen molar-refractivity contribution in [1.82, 2.24) is 14.7 Å². The molecule has 30 heavy (non-hydrogen) atoms. The Morgan fingerprint density at radius 3 is 2.43 bits per heavy atom. The zero-order valence-electron chi connectivity index (χ0n) is 16.4. The van der Waals surface area contributed by atoms with Crippen molar-refractivity contribution in [2.24, 2.45) is 0 Å². The Morgan fingerprint density at radius 2 is 1.73 bits per heavy atom. The van der Waals surface area contributed by atoms with E-state index in [0.717, 1.165) is 11.1 Å². The molecule has 2 N–H and O–H groups in total. The summed E-state index contributed by atoms with van der Waals surface area (Å²) in [6.45, 7) is 0.332. The second-order valence-corrected chi connectivity index (χ2v) is 8.28. The number of hydrogen-bond acceptors (Lipinski definition) is 6. The van der Waals surface area contributed by atoms with E-state index in [1.54, 1.807) is 42.9 Å². The minimum Gasteiger partial charge on any atom is -0.485 e. The largest absolute Gasteiger partial charge is 0.485 e. The summed E-state index contributed by atoms with van der Waals surface area (Å²) in [4.78, 5) is 20.7. The average Bonchev–Trinajstić information content (AvgIpc) is 2.78. The van der Waals surface area contributed by atoms with Gasteiger partial charge in [-0.3, -0.25) is 9.78 Å². The molecule has 8 nitrogen and oxygen atoms in total. The van der Waals surface area contributed by atoms with Crippen molar-refractivity contribution in [3.63, 3.8) is 0 Å². The first-order chi connectivity index (χ1) is 14.5. The fourth-order valence-electron chi connectivity index (χ4n) is 2.65. The van der Waals surface area contributed by atoms with Gasteiger partial charge < -0.3 is 10.1 Å². The Kier molecular flexibility index (Phi) is 7.10. The molecule has 9 heteroatoms. The van der Waals surface area contributed by atoms with Gasteiger partial charge in [-0.05, 0) is 61.0 Å². The molecule has 1 amide bonds. The highest BCUT2D eigenvalue weighted by Crippen LogP contribution is 2.22. The number of benzene rings is 1. The summed E-state index contributed by atoms with van der Waals surface area (Å²) in [6.07, 6.45) is 5.64. The third-order valence-corrected chi connectivity index (χ3v) is 5.75. The van der Waals surface area contributed by atoms with Gasteiger partial charge in [-0.25, -0.2) is 18.1 Å². The quantitative estimate of drug-likeness (QED) is 0.544. The number of hydrogen-bond donors (Lipinski definition) is 2. The molecule has 0 unspecified atom stereocenters. The molecule has 0 saturated carbocycles. The van der Waals surface area contributed by atoms with Crippen LogP contribution in [0.4, 0.5) is 5.82 Å². The number of nitrogens with zero attached hydrogens (tertiary/aromatic N) is 2. The lowest BCUT2D eigenvalue weighted by atomic mass is 10.1. The van der Waals surface area contributed by atoms with E-state index in [4.69, 9.17) is 4.74 Å². The van der Waals surface area contributed by atoms with E-state index >= 15 is 0 Å². The molecule has 2 heterocycles. The number of pyridine rings is 2. The summed E-state index contributed by atoms with van der Waals surface area (Å²) < 4.78 is 31.6. The van der Waals surface area contributed by atoms with Crippen molar-refractivity contribution in [3.8, 4) is 5.75 Å². The number of aryl methyl sites for hydroxylation is 1. The number of carbonyl (C=O) groups is 1. The van der Waals surface area contributed by atoms with Crippen molar-refractivity contribution in [3.05, 3.63) is 78.2 Å². The summed E-state index contributed by atoms with van der Waals surface area (Å²) in [5.74, 6) is 0.616. The van der Waals surface area contributed by atoms with Crippen LogP contribution in [-0.2, 0) is 27.8 Å². The van der Waals surface area contributed by atoms with E-state index in [9.17, 15) is 13.2 Å². The van der Waals surface area contributed by atoms with E-state index in [2.05, 4.69) is 20.0 Å². The van der Waals surface area contributed by atoms with E-state index in [-0.39, 0.29) is 17.2 Å². The number of anilines is 1. The Bertz CT molecular complexity index is 1090. The van der Waals surface area contributed by atoms with Crippen molar-refractivity contribution < 1.29 is 17.9 Å². The fourth-order valence-corrected chi connectivity index (χ4v) is 3.38. The van der Waals surface area contributed by atoms with E-state index in [1.165, 1.54) is 19.2 Å². The SMILES string of the molecule is CNS(=O)(=O)c1ccc(CCC(=O)Nc2ncccc2OCc2ccncc2)cc1. The van der Waals surface area contributed by atoms with Crippen molar-refractivity contribution in [2.45, 2.75) is 24.3 Å². The van der Waals surface area contributed by atoms with Crippen LogP contribution in [0.1, 0.15) is 17.5 Å². The van der Waals surface area contributed by atoms with Gasteiger partial charge in [0.15, 0.2) is 11.6 Å². The van der Waals surface area contributed by atoms with Crippen LogP contribution in [0.3, 0.4) is 0 Å². The molecular weight excluding hydrogens is 404 g/mol. The maximum absolute atomic E-state index is 12.4. The summed E-state index contributed by atoms with van der Waals surface area (Å²) in [5.41, 5.74) is 1.81. The molecule has 1 aromatic carbocycles. The second kappa shape index (κ2) is 9.95. The van der Waals surface area contributed by atoms with Crippen molar-refractivity contribution >= 4 is 21.7 Å². The standard InChI is InChI=1S/C21H22N4O4S/c1-22-30(27,28)18-7-4-16(5-8-18)6-9-20(26)25-21-19(3-2-12-24-21)29-15-17-10-13-23-14-11-17/h2-5,7-8,10-14,22H,6,9,15H2,1H3,(H,24,25,26). The van der Waals surface area contributed by atoms with E-state index < -0.39 is 10.0 Å². The topological polar surface area (TPSA) is 110 Å². The van der Waals surface area contributed by atoms with Gasteiger partial charge in [-0.1, -0.05) is 12.1 Å². The predicted molar refractivity (Wildman–Crippen MR) is 112 cm³/mol. The van der Waals surface area contributed by atoms with Gasteiger partial charge in [0.05, 0.1) is 4.90 Å². The van der Waals surface area contributed by atoms with Gasteiger partial charge in [0, 0.05) is 25.0 Å².